The van der Waals surface area contributed by atoms with Crippen LogP contribution < -0.4 is 25.4 Å². The maximum absolute atomic E-state index is 12.4. The Hall–Kier alpha value is -4.08. The van der Waals surface area contributed by atoms with Crippen LogP contribution in [0.15, 0.2) is 48.5 Å². The first-order chi connectivity index (χ1) is 14.5. The normalized spacial score (nSPS) is 12.4. The van der Waals surface area contributed by atoms with Crippen molar-refractivity contribution in [3.05, 3.63) is 59.7 Å². The van der Waals surface area contributed by atoms with E-state index in [0.29, 0.717) is 17.1 Å². The zero-order chi connectivity index (χ0) is 21.5. The molecule has 10 nitrogen and oxygen atoms in total. The molecule has 156 valence electrons. The minimum atomic E-state index is -1.36. The Bertz CT molecular complexity index is 962. The van der Waals surface area contributed by atoms with E-state index in [1.807, 2.05) is 0 Å². The minimum Gasteiger partial charge on any atom is -0.454 e. The van der Waals surface area contributed by atoms with E-state index in [1.54, 1.807) is 36.4 Å². The largest absolute Gasteiger partial charge is 0.454 e. The van der Waals surface area contributed by atoms with Crippen molar-refractivity contribution in [2.75, 3.05) is 20.4 Å². The molecule has 1 aliphatic rings. The summed E-state index contributed by atoms with van der Waals surface area (Å²) in [6.07, 6.45) is -1.36. The fourth-order valence-corrected chi connectivity index (χ4v) is 2.61. The molecule has 2 aromatic carbocycles. The molecule has 0 unspecified atom stereocenters. The second-order valence-corrected chi connectivity index (χ2v) is 6.10. The van der Waals surface area contributed by atoms with E-state index in [-0.39, 0.29) is 12.4 Å². The molecule has 0 radical (unpaired) electrons. The molecule has 0 aromatic heterocycles. The standard InChI is InChI=1S/C20H19N3O7/c1-21-20(27)23-19(26)17(12-5-3-2-4-6-12)30-16(24)10-22-18(25)13-7-8-14-15(9-13)29-11-28-14/h2-9,17H,10-11H2,1H3,(H,22,25)(H2,21,23,26,27)/t17-/m1/s1. The van der Waals surface area contributed by atoms with Crippen LogP contribution >= 0.6 is 0 Å². The molecule has 2 aromatic rings. The molecule has 0 bridgehead atoms. The molecule has 0 saturated heterocycles. The van der Waals surface area contributed by atoms with E-state index in [1.165, 1.54) is 19.2 Å². The van der Waals surface area contributed by atoms with Crippen molar-refractivity contribution in [3.63, 3.8) is 0 Å². The van der Waals surface area contributed by atoms with Gasteiger partial charge in [0.25, 0.3) is 11.8 Å². The molecule has 1 heterocycles. The van der Waals surface area contributed by atoms with Crippen LogP contribution in [0.5, 0.6) is 11.5 Å². The number of esters is 1. The van der Waals surface area contributed by atoms with Crippen molar-refractivity contribution in [1.29, 1.82) is 0 Å². The lowest BCUT2D eigenvalue weighted by Gasteiger charge is -2.17. The Morgan fingerprint density at radius 1 is 1.03 bits per heavy atom. The molecule has 0 aliphatic carbocycles. The molecule has 1 aliphatic heterocycles. The predicted octanol–water partition coefficient (Wildman–Crippen LogP) is 0.885. The zero-order valence-electron chi connectivity index (χ0n) is 16.0. The number of carbonyl (C=O) groups is 4. The van der Waals surface area contributed by atoms with Gasteiger partial charge in [0.1, 0.15) is 6.54 Å². The number of nitrogens with one attached hydrogen (secondary N) is 3. The van der Waals surface area contributed by atoms with Gasteiger partial charge in [0.2, 0.25) is 12.9 Å². The van der Waals surface area contributed by atoms with E-state index < -0.39 is 36.5 Å². The van der Waals surface area contributed by atoms with Gasteiger partial charge in [0.15, 0.2) is 11.5 Å². The Labute approximate surface area is 171 Å². The molecule has 4 amide bonds. The Kier molecular flexibility index (Phi) is 6.48. The Morgan fingerprint density at radius 3 is 2.50 bits per heavy atom. The summed E-state index contributed by atoms with van der Waals surface area (Å²) in [6, 6.07) is 12.1. The quantitative estimate of drug-likeness (QED) is 0.599. The molecule has 30 heavy (non-hydrogen) atoms. The number of ether oxygens (including phenoxy) is 3. The predicted molar refractivity (Wildman–Crippen MR) is 103 cm³/mol. The van der Waals surface area contributed by atoms with Gasteiger partial charge >= 0.3 is 12.0 Å². The van der Waals surface area contributed by atoms with Crippen molar-refractivity contribution >= 4 is 23.8 Å². The highest BCUT2D eigenvalue weighted by Crippen LogP contribution is 2.32. The van der Waals surface area contributed by atoms with Crippen LogP contribution in [0.25, 0.3) is 0 Å². The third kappa shape index (κ3) is 5.04. The average molecular weight is 413 g/mol. The highest BCUT2D eigenvalue weighted by Gasteiger charge is 2.26. The summed E-state index contributed by atoms with van der Waals surface area (Å²) in [7, 11) is 1.35. The van der Waals surface area contributed by atoms with Gasteiger partial charge in [0, 0.05) is 18.2 Å². The fraction of sp³-hybridized carbons (Fsp3) is 0.200. The SMILES string of the molecule is CNC(=O)NC(=O)[C@H](OC(=O)CNC(=O)c1ccc2c(c1)OCO2)c1ccccc1. The smallest absolute Gasteiger partial charge is 0.326 e. The maximum Gasteiger partial charge on any atom is 0.326 e. The van der Waals surface area contributed by atoms with E-state index in [0.717, 1.165) is 0 Å². The first-order valence-electron chi connectivity index (χ1n) is 8.93. The second kappa shape index (κ2) is 9.41. The number of fused-ring (bicyclic) bond motifs is 1. The number of hydrogen-bond donors (Lipinski definition) is 3. The number of amides is 4. The van der Waals surface area contributed by atoms with Crippen molar-refractivity contribution in [2.24, 2.45) is 0 Å². The van der Waals surface area contributed by atoms with Gasteiger partial charge < -0.3 is 24.8 Å². The van der Waals surface area contributed by atoms with Gasteiger partial charge in [-0.15, -0.1) is 0 Å². The van der Waals surface area contributed by atoms with Crippen LogP contribution in [-0.2, 0) is 14.3 Å². The molecular weight excluding hydrogens is 394 g/mol. The molecular formula is C20H19N3O7. The lowest BCUT2D eigenvalue weighted by molar-refractivity contribution is -0.155. The topological polar surface area (TPSA) is 132 Å². The second-order valence-electron chi connectivity index (χ2n) is 6.10. The number of rotatable bonds is 6. The molecule has 0 saturated carbocycles. The summed E-state index contributed by atoms with van der Waals surface area (Å²) in [6.45, 7) is -0.407. The van der Waals surface area contributed by atoms with Crippen LogP contribution in [0.2, 0.25) is 0 Å². The van der Waals surface area contributed by atoms with Gasteiger partial charge in [-0.05, 0) is 18.2 Å². The van der Waals surface area contributed by atoms with E-state index in [4.69, 9.17) is 14.2 Å². The zero-order valence-corrected chi connectivity index (χ0v) is 16.0. The molecule has 0 fully saturated rings. The number of benzene rings is 2. The Morgan fingerprint density at radius 2 is 1.77 bits per heavy atom. The van der Waals surface area contributed by atoms with Crippen LogP contribution in [-0.4, -0.2) is 44.2 Å². The Balaban J connectivity index is 1.62. The first-order valence-corrected chi connectivity index (χ1v) is 8.93. The van der Waals surface area contributed by atoms with Crippen molar-refractivity contribution in [3.8, 4) is 11.5 Å². The molecule has 0 spiro atoms. The molecule has 3 rings (SSSR count). The third-order valence-corrected chi connectivity index (χ3v) is 4.08. The summed E-state index contributed by atoms with van der Waals surface area (Å²) >= 11 is 0. The maximum atomic E-state index is 12.4. The lowest BCUT2D eigenvalue weighted by Crippen LogP contribution is -2.42. The third-order valence-electron chi connectivity index (χ3n) is 4.08. The monoisotopic (exact) mass is 413 g/mol. The summed E-state index contributed by atoms with van der Waals surface area (Å²) in [5, 5.41) is 6.73. The highest BCUT2D eigenvalue weighted by atomic mass is 16.7. The summed E-state index contributed by atoms with van der Waals surface area (Å²) in [5.41, 5.74) is 0.637. The van der Waals surface area contributed by atoms with Crippen LogP contribution in [0, 0.1) is 0 Å². The highest BCUT2D eigenvalue weighted by molar-refractivity contribution is 5.99. The van der Waals surface area contributed by atoms with E-state index in [2.05, 4.69) is 16.0 Å². The van der Waals surface area contributed by atoms with Gasteiger partial charge in [-0.1, -0.05) is 30.3 Å². The molecule has 3 N–H and O–H groups in total. The number of urea groups is 1. The van der Waals surface area contributed by atoms with Crippen molar-refractivity contribution in [1.82, 2.24) is 16.0 Å². The van der Waals surface area contributed by atoms with Crippen LogP contribution in [0.1, 0.15) is 22.0 Å². The summed E-state index contributed by atoms with van der Waals surface area (Å²) in [5.74, 6) is -1.25. The van der Waals surface area contributed by atoms with Gasteiger partial charge in [0.05, 0.1) is 0 Å². The van der Waals surface area contributed by atoms with Gasteiger partial charge in [-0.3, -0.25) is 19.7 Å². The van der Waals surface area contributed by atoms with Crippen LogP contribution in [0.3, 0.4) is 0 Å². The number of hydrogen-bond acceptors (Lipinski definition) is 7. The summed E-state index contributed by atoms with van der Waals surface area (Å²) in [4.78, 5) is 48.3. The number of imide groups is 1. The van der Waals surface area contributed by atoms with E-state index in [9.17, 15) is 19.2 Å². The van der Waals surface area contributed by atoms with Crippen LogP contribution in [0.4, 0.5) is 4.79 Å². The summed E-state index contributed by atoms with van der Waals surface area (Å²) < 4.78 is 15.6. The molecule has 10 heteroatoms. The van der Waals surface area contributed by atoms with Crippen molar-refractivity contribution < 1.29 is 33.4 Å². The van der Waals surface area contributed by atoms with Gasteiger partial charge in [-0.25, -0.2) is 4.79 Å². The average Bonchev–Trinajstić information content (AvgIpc) is 3.24. The fourth-order valence-electron chi connectivity index (χ4n) is 2.61. The first kappa shape index (κ1) is 20.6. The van der Waals surface area contributed by atoms with Gasteiger partial charge in [-0.2, -0.15) is 0 Å². The van der Waals surface area contributed by atoms with E-state index >= 15 is 0 Å². The van der Waals surface area contributed by atoms with Crippen molar-refractivity contribution in [2.45, 2.75) is 6.10 Å². The lowest BCUT2D eigenvalue weighted by atomic mass is 10.1. The number of carbonyl (C=O) groups excluding carboxylic acids is 4. The minimum absolute atomic E-state index is 0.0751. The molecule has 1 atom stereocenters.